The normalized spacial score (nSPS) is 18.3. The fourth-order valence-electron chi connectivity index (χ4n) is 4.69. The van der Waals surface area contributed by atoms with Crippen LogP contribution < -0.4 is 10.1 Å². The number of nitrogens with zero attached hydrogens (tertiary/aromatic N) is 3. The monoisotopic (exact) mass is 486 g/mol. The molecule has 7 nitrogen and oxygen atoms in total. The lowest BCUT2D eigenvalue weighted by Crippen LogP contribution is -2.35. The van der Waals surface area contributed by atoms with Crippen molar-refractivity contribution in [2.24, 2.45) is 5.92 Å². The van der Waals surface area contributed by atoms with Crippen LogP contribution in [0.1, 0.15) is 46.0 Å². The van der Waals surface area contributed by atoms with Gasteiger partial charge in [-0.25, -0.2) is 0 Å². The maximum atomic E-state index is 13.0. The summed E-state index contributed by atoms with van der Waals surface area (Å²) in [7, 11) is 1.63. The Labute approximate surface area is 208 Å². The number of aryl methyl sites for hydroxylation is 1. The number of thiophene rings is 1. The molecule has 0 radical (unpaired) electrons. The van der Waals surface area contributed by atoms with Crippen molar-refractivity contribution in [2.75, 3.05) is 19.0 Å². The van der Waals surface area contributed by atoms with Crippen LogP contribution in [0.2, 0.25) is 0 Å². The summed E-state index contributed by atoms with van der Waals surface area (Å²) in [5.41, 5.74) is 3.49. The van der Waals surface area contributed by atoms with E-state index in [0.717, 1.165) is 33.9 Å². The second-order valence-electron chi connectivity index (χ2n) is 8.92. The standard InChI is InChI=1S/C27H26N4O3S/c1-34-19-7-4-5-17(13-19)21-14-22(21)26(33)30-27-23(15-28)20-10-12-31(16-24(20)35-27)25(32)9-8-18-6-2-3-11-29-18/h2-7,11,13,21-22H,8-10,12,14,16H2,1H3,(H,30,33). The molecule has 1 N–H and O–H groups in total. The maximum Gasteiger partial charge on any atom is 0.228 e. The van der Waals surface area contributed by atoms with Gasteiger partial charge in [-0.1, -0.05) is 18.2 Å². The summed E-state index contributed by atoms with van der Waals surface area (Å²) in [6.07, 6.45) is 4.15. The number of pyridine rings is 1. The van der Waals surface area contributed by atoms with Gasteiger partial charge in [-0.3, -0.25) is 14.6 Å². The molecule has 2 unspecified atom stereocenters. The molecule has 178 valence electrons. The lowest BCUT2D eigenvalue weighted by Gasteiger charge is -2.27. The number of rotatable bonds is 7. The van der Waals surface area contributed by atoms with E-state index in [1.54, 1.807) is 13.3 Å². The summed E-state index contributed by atoms with van der Waals surface area (Å²) in [6.45, 7) is 1.05. The fourth-order valence-corrected chi connectivity index (χ4v) is 5.91. The van der Waals surface area contributed by atoms with Gasteiger partial charge in [0.05, 0.1) is 19.2 Å². The van der Waals surface area contributed by atoms with Crippen LogP contribution in [-0.2, 0) is 29.0 Å². The van der Waals surface area contributed by atoms with Crippen LogP contribution in [0.5, 0.6) is 5.75 Å². The highest BCUT2D eigenvalue weighted by molar-refractivity contribution is 7.16. The minimum Gasteiger partial charge on any atom is -0.497 e. The Hall–Kier alpha value is -3.70. The highest BCUT2D eigenvalue weighted by atomic mass is 32.1. The second-order valence-corrected chi connectivity index (χ2v) is 10.0. The van der Waals surface area contributed by atoms with Crippen molar-refractivity contribution in [3.63, 3.8) is 0 Å². The number of benzene rings is 1. The van der Waals surface area contributed by atoms with E-state index in [0.29, 0.717) is 42.9 Å². The molecule has 1 fully saturated rings. The molecule has 35 heavy (non-hydrogen) atoms. The molecule has 1 saturated carbocycles. The van der Waals surface area contributed by atoms with Crippen LogP contribution in [0.25, 0.3) is 0 Å². The molecular formula is C27H26N4O3S. The minimum atomic E-state index is -0.113. The van der Waals surface area contributed by atoms with Crippen molar-refractivity contribution >= 4 is 28.2 Å². The maximum absolute atomic E-state index is 13.0. The summed E-state index contributed by atoms with van der Waals surface area (Å²) in [5.74, 6) is 0.856. The summed E-state index contributed by atoms with van der Waals surface area (Å²) in [4.78, 5) is 32.9. The molecule has 3 aromatic rings. The molecular weight excluding hydrogens is 460 g/mol. The highest BCUT2D eigenvalue weighted by Gasteiger charge is 2.44. The van der Waals surface area contributed by atoms with Gasteiger partial charge in [0.1, 0.15) is 16.8 Å². The number of carbonyl (C=O) groups is 2. The Balaban J connectivity index is 1.23. The molecule has 0 saturated heterocycles. The molecule has 2 aromatic heterocycles. The SMILES string of the molecule is COc1cccc(C2CC2C(=O)Nc2sc3c(c2C#N)CCN(C(=O)CCc2ccccn2)C3)c1. The molecule has 0 bridgehead atoms. The molecule has 2 atom stereocenters. The largest absolute Gasteiger partial charge is 0.497 e. The van der Waals surface area contributed by atoms with Crippen molar-refractivity contribution in [3.8, 4) is 11.8 Å². The predicted octanol–water partition coefficient (Wildman–Crippen LogP) is 4.28. The van der Waals surface area contributed by atoms with Gasteiger partial charge < -0.3 is 15.0 Å². The number of methoxy groups -OCH3 is 1. The topological polar surface area (TPSA) is 95.3 Å². The smallest absolute Gasteiger partial charge is 0.228 e. The third kappa shape index (κ3) is 4.91. The molecule has 8 heteroatoms. The summed E-state index contributed by atoms with van der Waals surface area (Å²) >= 11 is 1.42. The van der Waals surface area contributed by atoms with Gasteiger partial charge in [0.2, 0.25) is 11.8 Å². The van der Waals surface area contributed by atoms with Crippen molar-refractivity contribution in [1.82, 2.24) is 9.88 Å². The lowest BCUT2D eigenvalue weighted by atomic mass is 10.0. The second kappa shape index (κ2) is 9.88. The van der Waals surface area contributed by atoms with E-state index in [1.807, 2.05) is 47.4 Å². The first kappa shape index (κ1) is 23.1. The van der Waals surface area contributed by atoms with Crippen molar-refractivity contribution in [3.05, 3.63) is 75.9 Å². The summed E-state index contributed by atoms with van der Waals surface area (Å²) in [6, 6.07) is 15.8. The summed E-state index contributed by atoms with van der Waals surface area (Å²) in [5, 5.41) is 13.4. The highest BCUT2D eigenvalue weighted by Crippen LogP contribution is 2.49. The average Bonchev–Trinajstić information content (AvgIpc) is 3.63. The van der Waals surface area contributed by atoms with Crippen LogP contribution in [0.3, 0.4) is 0 Å². The first-order valence-corrected chi connectivity index (χ1v) is 12.6. The zero-order valence-electron chi connectivity index (χ0n) is 19.5. The van der Waals surface area contributed by atoms with Gasteiger partial charge in [-0.15, -0.1) is 11.3 Å². The number of anilines is 1. The average molecular weight is 487 g/mol. The zero-order valence-corrected chi connectivity index (χ0v) is 20.3. The van der Waals surface area contributed by atoms with Gasteiger partial charge in [0.15, 0.2) is 0 Å². The van der Waals surface area contributed by atoms with Crippen molar-refractivity contribution in [2.45, 2.75) is 38.1 Å². The van der Waals surface area contributed by atoms with E-state index in [4.69, 9.17) is 4.74 Å². The van der Waals surface area contributed by atoms with E-state index >= 15 is 0 Å². The third-order valence-corrected chi connectivity index (χ3v) is 7.86. The van der Waals surface area contributed by atoms with Crippen LogP contribution in [0.15, 0.2) is 48.7 Å². The van der Waals surface area contributed by atoms with Gasteiger partial charge in [-0.2, -0.15) is 5.26 Å². The Morgan fingerprint density at radius 2 is 2.17 bits per heavy atom. The number of amides is 2. The van der Waals surface area contributed by atoms with E-state index in [2.05, 4.69) is 16.4 Å². The van der Waals surface area contributed by atoms with Gasteiger partial charge in [0, 0.05) is 35.7 Å². The quantitative estimate of drug-likeness (QED) is 0.538. The van der Waals surface area contributed by atoms with Gasteiger partial charge in [0.25, 0.3) is 0 Å². The van der Waals surface area contributed by atoms with Gasteiger partial charge >= 0.3 is 0 Å². The third-order valence-electron chi connectivity index (χ3n) is 6.73. The van der Waals surface area contributed by atoms with Crippen LogP contribution in [0, 0.1) is 17.2 Å². The number of fused-ring (bicyclic) bond motifs is 1. The van der Waals surface area contributed by atoms with E-state index in [-0.39, 0.29) is 23.7 Å². The lowest BCUT2D eigenvalue weighted by molar-refractivity contribution is -0.132. The number of hydrogen-bond donors (Lipinski definition) is 1. The number of nitriles is 1. The van der Waals surface area contributed by atoms with E-state index in [9.17, 15) is 14.9 Å². The molecule has 3 heterocycles. The summed E-state index contributed by atoms with van der Waals surface area (Å²) < 4.78 is 5.30. The van der Waals surface area contributed by atoms with Crippen molar-refractivity contribution in [1.29, 1.82) is 5.26 Å². The number of hydrogen-bond acceptors (Lipinski definition) is 6. The van der Waals surface area contributed by atoms with Crippen LogP contribution >= 0.6 is 11.3 Å². The van der Waals surface area contributed by atoms with Gasteiger partial charge in [-0.05, 0) is 60.6 Å². The van der Waals surface area contributed by atoms with E-state index < -0.39 is 0 Å². The number of carbonyl (C=O) groups excluding carboxylic acids is 2. The minimum absolute atomic E-state index is 0.0591. The molecule has 2 aliphatic rings. The Morgan fingerprint density at radius 1 is 1.29 bits per heavy atom. The van der Waals surface area contributed by atoms with Crippen molar-refractivity contribution < 1.29 is 14.3 Å². The first-order valence-electron chi connectivity index (χ1n) is 11.7. The number of aromatic nitrogens is 1. The first-order chi connectivity index (χ1) is 17.1. The van der Waals surface area contributed by atoms with Crippen LogP contribution in [0.4, 0.5) is 5.00 Å². The molecule has 1 aromatic carbocycles. The number of ether oxygens (including phenoxy) is 1. The van der Waals surface area contributed by atoms with E-state index in [1.165, 1.54) is 11.3 Å². The Morgan fingerprint density at radius 3 is 2.94 bits per heavy atom. The fraction of sp³-hybridized carbons (Fsp3) is 0.333. The zero-order chi connectivity index (χ0) is 24.4. The Bertz CT molecular complexity index is 1300. The molecule has 2 amide bonds. The Kier molecular flexibility index (Phi) is 6.51. The van der Waals surface area contributed by atoms with Crippen LogP contribution in [-0.4, -0.2) is 35.4 Å². The molecule has 0 spiro atoms. The molecule has 5 rings (SSSR count). The molecule has 1 aliphatic carbocycles. The molecule has 1 aliphatic heterocycles. The number of nitrogens with one attached hydrogen (secondary N) is 1. The predicted molar refractivity (Wildman–Crippen MR) is 133 cm³/mol.